The number of sulfonamides is 1. The monoisotopic (exact) mass is 303 g/mol. The van der Waals surface area contributed by atoms with Crippen molar-refractivity contribution in [2.24, 2.45) is 5.92 Å². The molecule has 0 bridgehead atoms. The number of hydrogen-bond donors (Lipinski definition) is 1. The van der Waals surface area contributed by atoms with Gasteiger partial charge >= 0.3 is 11.9 Å². The molecule has 0 radical (unpaired) electrons. The van der Waals surface area contributed by atoms with Crippen molar-refractivity contribution in [1.82, 2.24) is 4.72 Å². The average Bonchev–Trinajstić information content (AvgIpc) is 2.81. The molecular weight excluding hydrogens is 286 g/mol. The molecule has 0 aromatic carbocycles. The fourth-order valence-corrected chi connectivity index (χ4v) is 2.71. The molecule has 1 aromatic heterocycles. The second kappa shape index (κ2) is 6.08. The van der Waals surface area contributed by atoms with Crippen molar-refractivity contribution >= 4 is 21.9 Å². The van der Waals surface area contributed by atoms with Gasteiger partial charge in [-0.15, -0.1) is 0 Å². The molecule has 1 amide bonds. The number of hydrogen-bond acceptors (Lipinski definition) is 6. The van der Waals surface area contributed by atoms with Crippen LogP contribution < -0.4 is 4.72 Å². The Morgan fingerprint density at radius 3 is 2.40 bits per heavy atom. The number of methoxy groups -OCH3 is 1. The van der Waals surface area contributed by atoms with Crippen LogP contribution in [0.1, 0.15) is 30.0 Å². The molecule has 0 aliphatic carbocycles. The van der Waals surface area contributed by atoms with Crippen molar-refractivity contribution in [3.63, 3.8) is 0 Å². The van der Waals surface area contributed by atoms with Gasteiger partial charge in [0.25, 0.3) is 0 Å². The summed E-state index contributed by atoms with van der Waals surface area (Å²) in [5, 5.41) is -1.12. The van der Waals surface area contributed by atoms with Crippen molar-refractivity contribution < 1.29 is 27.2 Å². The Morgan fingerprint density at radius 2 is 1.95 bits per heavy atom. The van der Waals surface area contributed by atoms with E-state index in [9.17, 15) is 18.0 Å². The summed E-state index contributed by atoms with van der Waals surface area (Å²) in [7, 11) is -2.85. The van der Waals surface area contributed by atoms with Crippen molar-refractivity contribution in [3.05, 3.63) is 23.7 Å². The van der Waals surface area contributed by atoms with Crippen LogP contribution in [0.2, 0.25) is 0 Å². The first-order chi connectivity index (χ1) is 9.20. The molecule has 1 rings (SSSR count). The fraction of sp³-hybridized carbons (Fsp3) is 0.500. The number of ether oxygens (including phenoxy) is 1. The van der Waals surface area contributed by atoms with Crippen molar-refractivity contribution in [2.75, 3.05) is 7.11 Å². The Balaban J connectivity index is 2.88. The van der Waals surface area contributed by atoms with E-state index in [1.165, 1.54) is 27.2 Å². The number of rotatable bonds is 5. The molecule has 0 saturated heterocycles. The topological polar surface area (TPSA) is 103 Å². The number of esters is 1. The maximum Gasteiger partial charge on any atom is 0.309 e. The van der Waals surface area contributed by atoms with Gasteiger partial charge in [0.15, 0.2) is 5.76 Å². The molecule has 7 nitrogen and oxygen atoms in total. The molecule has 2 atom stereocenters. The second-order valence-corrected chi connectivity index (χ2v) is 6.46. The van der Waals surface area contributed by atoms with Gasteiger partial charge in [-0.25, -0.2) is 13.1 Å². The smallest absolute Gasteiger partial charge is 0.309 e. The van der Waals surface area contributed by atoms with Crippen molar-refractivity contribution in [3.8, 4) is 0 Å². The zero-order chi connectivity index (χ0) is 15.5. The lowest BCUT2D eigenvalue weighted by atomic mass is 10.1. The Morgan fingerprint density at radius 1 is 1.35 bits per heavy atom. The quantitative estimate of drug-likeness (QED) is 0.809. The molecule has 8 heteroatoms. The predicted molar refractivity (Wildman–Crippen MR) is 70.5 cm³/mol. The summed E-state index contributed by atoms with van der Waals surface area (Å²) < 4.78 is 35.3. The highest BCUT2D eigenvalue weighted by Gasteiger charge is 2.33. The zero-order valence-electron chi connectivity index (χ0n) is 11.7. The van der Waals surface area contributed by atoms with Crippen LogP contribution in [0.3, 0.4) is 0 Å². The molecule has 112 valence electrons. The van der Waals surface area contributed by atoms with E-state index < -0.39 is 33.1 Å². The number of nitrogens with one attached hydrogen (secondary N) is 1. The van der Waals surface area contributed by atoms with Crippen LogP contribution in [0.25, 0.3) is 0 Å². The number of carbonyl (C=O) groups is 2. The first-order valence-electron chi connectivity index (χ1n) is 5.88. The van der Waals surface area contributed by atoms with Gasteiger partial charge in [-0.1, -0.05) is 6.92 Å². The zero-order valence-corrected chi connectivity index (χ0v) is 12.5. The van der Waals surface area contributed by atoms with Crippen LogP contribution in [-0.4, -0.2) is 32.7 Å². The largest absolute Gasteiger partial charge is 0.469 e. The highest BCUT2D eigenvalue weighted by atomic mass is 32.2. The SMILES string of the molecule is COC(=O)[C@@H](C)[C@@H](C)S(=O)(=O)NC(=O)c1occc1C. The van der Waals surface area contributed by atoms with E-state index in [0.717, 1.165) is 0 Å². The lowest BCUT2D eigenvalue weighted by Crippen LogP contribution is -2.42. The first kappa shape index (κ1) is 16.2. The third-order valence-corrected chi connectivity index (χ3v) is 4.93. The van der Waals surface area contributed by atoms with E-state index in [2.05, 4.69) is 4.74 Å². The molecule has 1 aromatic rings. The Labute approximate surface area is 117 Å². The van der Waals surface area contributed by atoms with Gasteiger partial charge < -0.3 is 9.15 Å². The Hall–Kier alpha value is -1.83. The number of aryl methyl sites for hydroxylation is 1. The highest BCUT2D eigenvalue weighted by Crippen LogP contribution is 2.15. The van der Waals surface area contributed by atoms with Gasteiger partial charge in [-0.3, -0.25) is 9.59 Å². The van der Waals surface area contributed by atoms with Gasteiger partial charge in [-0.2, -0.15) is 0 Å². The molecule has 0 aliphatic heterocycles. The number of furan rings is 1. The lowest BCUT2D eigenvalue weighted by molar-refractivity contribution is -0.144. The summed E-state index contributed by atoms with van der Waals surface area (Å²) in [5.41, 5.74) is 0.520. The van der Waals surface area contributed by atoms with Crippen LogP contribution in [0.15, 0.2) is 16.7 Å². The fourth-order valence-electron chi connectivity index (χ4n) is 1.52. The van der Waals surface area contributed by atoms with Gasteiger partial charge in [0.2, 0.25) is 10.0 Å². The minimum Gasteiger partial charge on any atom is -0.469 e. The van der Waals surface area contributed by atoms with E-state index in [0.29, 0.717) is 5.56 Å². The third kappa shape index (κ3) is 3.38. The molecule has 0 spiro atoms. The Kier molecular flexibility index (Phi) is 4.93. The average molecular weight is 303 g/mol. The molecular formula is C12H17NO6S. The van der Waals surface area contributed by atoms with Crippen LogP contribution in [0.5, 0.6) is 0 Å². The van der Waals surface area contributed by atoms with E-state index >= 15 is 0 Å². The summed E-state index contributed by atoms with van der Waals surface area (Å²) in [5.74, 6) is -2.50. The van der Waals surface area contributed by atoms with E-state index in [-0.39, 0.29) is 5.76 Å². The molecule has 0 fully saturated rings. The molecule has 0 unspecified atom stereocenters. The van der Waals surface area contributed by atoms with Gasteiger partial charge in [0, 0.05) is 5.56 Å². The van der Waals surface area contributed by atoms with Gasteiger partial charge in [0.1, 0.15) is 0 Å². The number of amides is 1. The van der Waals surface area contributed by atoms with Crippen molar-refractivity contribution in [1.29, 1.82) is 0 Å². The maximum atomic E-state index is 12.0. The lowest BCUT2D eigenvalue weighted by Gasteiger charge is -2.18. The summed E-state index contributed by atoms with van der Waals surface area (Å²) in [6.07, 6.45) is 1.29. The van der Waals surface area contributed by atoms with Crippen molar-refractivity contribution in [2.45, 2.75) is 26.0 Å². The summed E-state index contributed by atoms with van der Waals surface area (Å²) in [6, 6.07) is 1.54. The molecule has 1 heterocycles. The van der Waals surface area contributed by atoms with Gasteiger partial charge in [-0.05, 0) is 19.9 Å². The summed E-state index contributed by atoms with van der Waals surface area (Å²) in [4.78, 5) is 23.2. The van der Waals surface area contributed by atoms with Crippen LogP contribution in [-0.2, 0) is 19.6 Å². The normalized spacial score (nSPS) is 14.4. The summed E-state index contributed by atoms with van der Waals surface area (Å²) in [6.45, 7) is 4.36. The highest BCUT2D eigenvalue weighted by molar-refractivity contribution is 7.90. The standard InChI is InChI=1S/C12H17NO6S/c1-7-5-6-19-10(7)11(14)13-20(16,17)9(3)8(2)12(15)18-4/h5-6,8-9H,1-4H3,(H,13,14)/t8-,9+/m0/s1. The first-order valence-corrected chi connectivity index (χ1v) is 7.43. The molecule has 1 N–H and O–H groups in total. The van der Waals surface area contributed by atoms with Gasteiger partial charge in [0.05, 0.1) is 24.5 Å². The van der Waals surface area contributed by atoms with Crippen LogP contribution >= 0.6 is 0 Å². The van der Waals surface area contributed by atoms with E-state index in [4.69, 9.17) is 4.42 Å². The van der Waals surface area contributed by atoms with E-state index in [1.807, 2.05) is 4.72 Å². The van der Waals surface area contributed by atoms with E-state index in [1.54, 1.807) is 13.0 Å². The number of carbonyl (C=O) groups excluding carboxylic acids is 2. The summed E-state index contributed by atoms with van der Waals surface area (Å²) >= 11 is 0. The third-order valence-electron chi connectivity index (χ3n) is 3.07. The molecule has 0 saturated carbocycles. The Bertz CT molecular complexity index is 603. The minimum atomic E-state index is -4.02. The van der Waals surface area contributed by atoms with Crippen LogP contribution in [0, 0.1) is 12.8 Å². The minimum absolute atomic E-state index is 0.0773. The molecule has 0 aliphatic rings. The van der Waals surface area contributed by atoms with Crippen LogP contribution in [0.4, 0.5) is 0 Å². The predicted octanol–water partition coefficient (Wildman–Crippen LogP) is 0.845. The molecule has 20 heavy (non-hydrogen) atoms. The maximum absolute atomic E-state index is 12.0. The second-order valence-electron chi connectivity index (χ2n) is 4.43.